The van der Waals surface area contributed by atoms with Gasteiger partial charge in [-0.05, 0) is 6.07 Å². The van der Waals surface area contributed by atoms with Gasteiger partial charge in [0.15, 0.2) is 0 Å². The Morgan fingerprint density at radius 1 is 1.23 bits per heavy atom. The minimum atomic E-state index is 0.245. The van der Waals surface area contributed by atoms with Crippen LogP contribution in [0.5, 0.6) is 5.75 Å². The molecule has 2 rings (SSSR count). The van der Waals surface area contributed by atoms with Gasteiger partial charge < -0.3 is 15.7 Å². The lowest BCUT2D eigenvalue weighted by Crippen LogP contribution is -2.42. The molecule has 1 fully saturated rings. The van der Waals surface area contributed by atoms with Crippen molar-refractivity contribution in [1.82, 2.24) is 10.6 Å². The second-order valence-electron chi connectivity index (χ2n) is 3.27. The Morgan fingerprint density at radius 2 is 2.08 bits per heavy atom. The molecule has 1 aromatic carbocycles. The molecule has 0 saturated carbocycles. The lowest BCUT2D eigenvalue weighted by molar-refractivity contribution is 0.404. The van der Waals surface area contributed by atoms with Gasteiger partial charge in [-0.3, -0.25) is 0 Å². The van der Waals surface area contributed by atoms with Crippen molar-refractivity contribution < 1.29 is 5.11 Å². The van der Waals surface area contributed by atoms with E-state index >= 15 is 0 Å². The third-order valence-electron chi connectivity index (χ3n) is 2.35. The molecule has 70 valence electrons. The standard InChI is InChI=1S/C10H14N2O/c13-10-4-2-1-3-8(10)9-7-11-5-6-12-9/h1-4,9,11-13H,5-7H2/t9-/m1/s1. The average molecular weight is 178 g/mol. The van der Waals surface area contributed by atoms with E-state index in [-0.39, 0.29) is 6.04 Å². The Hall–Kier alpha value is -1.06. The third-order valence-corrected chi connectivity index (χ3v) is 2.35. The molecule has 0 spiro atoms. The zero-order valence-corrected chi connectivity index (χ0v) is 7.46. The first-order valence-electron chi connectivity index (χ1n) is 4.60. The third kappa shape index (κ3) is 1.82. The van der Waals surface area contributed by atoms with E-state index in [9.17, 15) is 5.11 Å². The molecular weight excluding hydrogens is 164 g/mol. The minimum Gasteiger partial charge on any atom is -0.508 e. The number of aromatic hydroxyl groups is 1. The Labute approximate surface area is 77.8 Å². The Balaban J connectivity index is 2.18. The van der Waals surface area contributed by atoms with Crippen LogP contribution in [0.3, 0.4) is 0 Å². The fourth-order valence-corrected chi connectivity index (χ4v) is 1.66. The van der Waals surface area contributed by atoms with Gasteiger partial charge in [0.2, 0.25) is 0 Å². The van der Waals surface area contributed by atoms with Gasteiger partial charge in [0.05, 0.1) is 0 Å². The van der Waals surface area contributed by atoms with Crippen LogP contribution in [0.15, 0.2) is 24.3 Å². The van der Waals surface area contributed by atoms with Gasteiger partial charge >= 0.3 is 0 Å². The van der Waals surface area contributed by atoms with Crippen LogP contribution < -0.4 is 10.6 Å². The maximum atomic E-state index is 9.59. The summed E-state index contributed by atoms with van der Waals surface area (Å²) in [6, 6.07) is 7.72. The van der Waals surface area contributed by atoms with Gasteiger partial charge in [-0.25, -0.2) is 0 Å². The fraction of sp³-hybridized carbons (Fsp3) is 0.400. The number of benzene rings is 1. The number of nitrogens with one attached hydrogen (secondary N) is 2. The molecule has 3 N–H and O–H groups in total. The van der Waals surface area contributed by atoms with Crippen molar-refractivity contribution >= 4 is 0 Å². The van der Waals surface area contributed by atoms with Crippen molar-refractivity contribution in [3.05, 3.63) is 29.8 Å². The molecule has 0 aromatic heterocycles. The van der Waals surface area contributed by atoms with Gasteiger partial charge in [-0.2, -0.15) is 0 Å². The van der Waals surface area contributed by atoms with Crippen molar-refractivity contribution in [3.8, 4) is 5.75 Å². The monoisotopic (exact) mass is 178 g/mol. The van der Waals surface area contributed by atoms with E-state index in [0.29, 0.717) is 5.75 Å². The van der Waals surface area contributed by atoms with E-state index < -0.39 is 0 Å². The van der Waals surface area contributed by atoms with Crippen molar-refractivity contribution in [1.29, 1.82) is 0 Å². The summed E-state index contributed by atoms with van der Waals surface area (Å²) in [5.41, 5.74) is 0.981. The molecule has 1 aliphatic rings. The zero-order valence-electron chi connectivity index (χ0n) is 7.46. The maximum absolute atomic E-state index is 9.59. The normalized spacial score (nSPS) is 22.9. The second kappa shape index (κ2) is 3.77. The summed E-state index contributed by atoms with van der Waals surface area (Å²) in [7, 11) is 0. The van der Waals surface area contributed by atoms with Crippen LogP contribution in [-0.2, 0) is 0 Å². The largest absolute Gasteiger partial charge is 0.508 e. The number of phenols is 1. The van der Waals surface area contributed by atoms with Crippen LogP contribution >= 0.6 is 0 Å². The topological polar surface area (TPSA) is 44.3 Å². The smallest absolute Gasteiger partial charge is 0.120 e. The highest BCUT2D eigenvalue weighted by Crippen LogP contribution is 2.23. The molecule has 0 aliphatic carbocycles. The molecule has 1 atom stereocenters. The highest BCUT2D eigenvalue weighted by Gasteiger charge is 2.16. The van der Waals surface area contributed by atoms with E-state index in [1.165, 1.54) is 0 Å². The van der Waals surface area contributed by atoms with Crippen LogP contribution in [0.4, 0.5) is 0 Å². The van der Waals surface area contributed by atoms with E-state index in [4.69, 9.17) is 0 Å². The summed E-state index contributed by atoms with van der Waals surface area (Å²) in [5, 5.41) is 16.2. The number of hydrogen-bond acceptors (Lipinski definition) is 3. The number of phenolic OH excluding ortho intramolecular Hbond substituents is 1. The number of hydrogen-bond donors (Lipinski definition) is 3. The van der Waals surface area contributed by atoms with Gasteiger partial charge in [-0.15, -0.1) is 0 Å². The molecule has 0 radical (unpaired) electrons. The molecule has 3 nitrogen and oxygen atoms in total. The minimum absolute atomic E-state index is 0.245. The Bertz CT molecular complexity index is 282. The quantitative estimate of drug-likeness (QED) is 0.591. The predicted octanol–water partition coefficient (Wildman–Crippen LogP) is 0.626. The molecule has 0 unspecified atom stereocenters. The molecule has 0 amide bonds. The molecule has 1 aliphatic heterocycles. The highest BCUT2D eigenvalue weighted by molar-refractivity contribution is 5.34. The molecule has 0 bridgehead atoms. The molecule has 1 heterocycles. The predicted molar refractivity (Wildman–Crippen MR) is 51.7 cm³/mol. The summed E-state index contributed by atoms with van der Waals surface area (Å²) in [6.07, 6.45) is 0. The van der Waals surface area contributed by atoms with E-state index in [2.05, 4.69) is 10.6 Å². The molecule has 3 heteroatoms. The second-order valence-corrected chi connectivity index (χ2v) is 3.27. The summed E-state index contributed by atoms with van der Waals surface area (Å²) in [5.74, 6) is 0.378. The van der Waals surface area contributed by atoms with Gasteiger partial charge in [0.1, 0.15) is 5.75 Å². The first kappa shape index (κ1) is 8.53. The van der Waals surface area contributed by atoms with Crippen LogP contribution in [0.2, 0.25) is 0 Å². The molecule has 13 heavy (non-hydrogen) atoms. The first-order chi connectivity index (χ1) is 6.38. The van der Waals surface area contributed by atoms with Crippen LogP contribution in [0, 0.1) is 0 Å². The van der Waals surface area contributed by atoms with Gasteiger partial charge in [0, 0.05) is 31.2 Å². The highest BCUT2D eigenvalue weighted by atomic mass is 16.3. The van der Waals surface area contributed by atoms with Gasteiger partial charge in [0.25, 0.3) is 0 Å². The summed E-state index contributed by atoms with van der Waals surface area (Å²) >= 11 is 0. The van der Waals surface area contributed by atoms with Crippen LogP contribution in [0.25, 0.3) is 0 Å². The van der Waals surface area contributed by atoms with Crippen molar-refractivity contribution in [2.24, 2.45) is 0 Å². The Kier molecular flexibility index (Phi) is 2.47. The van der Waals surface area contributed by atoms with Crippen molar-refractivity contribution in [2.75, 3.05) is 19.6 Å². The lowest BCUT2D eigenvalue weighted by atomic mass is 10.0. The fourth-order valence-electron chi connectivity index (χ4n) is 1.66. The van der Waals surface area contributed by atoms with Gasteiger partial charge in [-0.1, -0.05) is 18.2 Å². The summed E-state index contributed by atoms with van der Waals surface area (Å²) in [4.78, 5) is 0. The Morgan fingerprint density at radius 3 is 2.77 bits per heavy atom. The number of rotatable bonds is 1. The van der Waals surface area contributed by atoms with E-state index in [1.54, 1.807) is 6.07 Å². The average Bonchev–Trinajstić information content (AvgIpc) is 2.20. The van der Waals surface area contributed by atoms with Crippen LogP contribution in [0.1, 0.15) is 11.6 Å². The maximum Gasteiger partial charge on any atom is 0.120 e. The van der Waals surface area contributed by atoms with E-state index in [0.717, 1.165) is 25.2 Å². The molecule has 1 aromatic rings. The number of para-hydroxylation sites is 1. The zero-order chi connectivity index (χ0) is 9.10. The van der Waals surface area contributed by atoms with Crippen molar-refractivity contribution in [3.63, 3.8) is 0 Å². The SMILES string of the molecule is Oc1ccccc1[C@H]1CNCCN1. The van der Waals surface area contributed by atoms with Crippen LogP contribution in [-0.4, -0.2) is 24.7 Å². The number of piperazine rings is 1. The summed E-state index contributed by atoms with van der Waals surface area (Å²) in [6.45, 7) is 2.85. The van der Waals surface area contributed by atoms with E-state index in [1.807, 2.05) is 18.2 Å². The summed E-state index contributed by atoms with van der Waals surface area (Å²) < 4.78 is 0. The first-order valence-corrected chi connectivity index (χ1v) is 4.60. The van der Waals surface area contributed by atoms with Crippen molar-refractivity contribution in [2.45, 2.75) is 6.04 Å². The molecular formula is C10H14N2O. The molecule has 1 saturated heterocycles. The lowest BCUT2D eigenvalue weighted by Gasteiger charge is -2.25.